The summed E-state index contributed by atoms with van der Waals surface area (Å²) in [5.74, 6) is -2.13. The summed E-state index contributed by atoms with van der Waals surface area (Å²) in [5.41, 5.74) is 0.680. The Balaban J connectivity index is 1.79. The lowest BCUT2D eigenvalue weighted by molar-refractivity contribution is -0.137. The minimum Gasteiger partial charge on any atom is -0.481 e. The van der Waals surface area contributed by atoms with E-state index in [0.717, 1.165) is 11.8 Å². The maximum atomic E-state index is 12.7. The molecule has 2 aromatic heterocycles. The third kappa shape index (κ3) is 4.86. The highest BCUT2D eigenvalue weighted by Gasteiger charge is 2.17. The first-order valence-corrected chi connectivity index (χ1v) is 10.6. The first-order chi connectivity index (χ1) is 14.4. The van der Waals surface area contributed by atoms with Gasteiger partial charge < -0.3 is 15.2 Å². The van der Waals surface area contributed by atoms with Crippen LogP contribution in [0.2, 0.25) is 0 Å². The summed E-state index contributed by atoms with van der Waals surface area (Å²) in [6, 6.07) is 8.12. The van der Waals surface area contributed by atoms with Crippen molar-refractivity contribution < 1.29 is 24.2 Å². The number of nitrogens with zero attached hydrogens (tertiary/aromatic N) is 2. The lowest BCUT2D eigenvalue weighted by atomic mass is 10.2. The summed E-state index contributed by atoms with van der Waals surface area (Å²) in [4.78, 5) is 52.3. The maximum Gasteiger partial charge on any atom is 0.339 e. The van der Waals surface area contributed by atoms with E-state index in [1.54, 1.807) is 29.6 Å². The minimum absolute atomic E-state index is 0.0515. The van der Waals surface area contributed by atoms with Crippen molar-refractivity contribution in [2.24, 2.45) is 0 Å². The highest BCUT2D eigenvalue weighted by molar-refractivity contribution is 7.99. The molecule has 2 N–H and O–H groups in total. The number of thioether (sulfide) groups is 1. The molecule has 3 aromatic rings. The van der Waals surface area contributed by atoms with Crippen molar-refractivity contribution in [3.05, 3.63) is 51.6 Å². The molecule has 3 rings (SSSR count). The zero-order valence-electron chi connectivity index (χ0n) is 15.8. The van der Waals surface area contributed by atoms with Crippen LogP contribution >= 0.6 is 23.1 Å². The number of rotatable bonds is 8. The van der Waals surface area contributed by atoms with E-state index in [4.69, 9.17) is 9.84 Å². The summed E-state index contributed by atoms with van der Waals surface area (Å²) in [7, 11) is 1.25. The zero-order valence-corrected chi connectivity index (χ0v) is 17.4. The molecular weight excluding hydrogens is 430 g/mol. The third-order valence-electron chi connectivity index (χ3n) is 4.02. The first-order valence-electron chi connectivity index (χ1n) is 8.70. The molecule has 1 aromatic carbocycles. The second-order valence-electron chi connectivity index (χ2n) is 6.00. The number of methoxy groups -OCH3 is 1. The van der Waals surface area contributed by atoms with E-state index in [1.165, 1.54) is 29.1 Å². The van der Waals surface area contributed by atoms with Gasteiger partial charge in [0.25, 0.3) is 5.56 Å². The molecule has 156 valence electrons. The Morgan fingerprint density at radius 3 is 2.77 bits per heavy atom. The van der Waals surface area contributed by atoms with Gasteiger partial charge in [-0.25, -0.2) is 9.78 Å². The van der Waals surface area contributed by atoms with Crippen molar-refractivity contribution in [3.8, 4) is 0 Å². The molecule has 0 saturated carbocycles. The number of esters is 1. The van der Waals surface area contributed by atoms with Gasteiger partial charge in [-0.3, -0.25) is 19.0 Å². The fourth-order valence-corrected chi connectivity index (χ4v) is 4.24. The molecule has 1 amide bonds. The summed E-state index contributed by atoms with van der Waals surface area (Å²) in [6.45, 7) is -0.0515. The number of carboxylic acids is 1. The zero-order chi connectivity index (χ0) is 21.7. The number of hydrogen-bond donors (Lipinski definition) is 2. The van der Waals surface area contributed by atoms with Crippen LogP contribution in [0.3, 0.4) is 0 Å². The summed E-state index contributed by atoms with van der Waals surface area (Å²) < 4.78 is 6.41. The molecule has 30 heavy (non-hydrogen) atoms. The van der Waals surface area contributed by atoms with Crippen LogP contribution in [-0.4, -0.2) is 45.4 Å². The number of carbonyl (C=O) groups excluding carboxylic acids is 2. The molecule has 11 heteroatoms. The molecule has 0 atom stereocenters. The maximum absolute atomic E-state index is 12.7. The van der Waals surface area contributed by atoms with Crippen LogP contribution in [0.1, 0.15) is 16.8 Å². The number of para-hydroxylation sites is 1. The quantitative estimate of drug-likeness (QED) is 0.306. The molecule has 0 fully saturated rings. The van der Waals surface area contributed by atoms with Crippen LogP contribution in [0.25, 0.3) is 10.2 Å². The molecular formula is C19H17N3O6S2. The molecule has 0 unspecified atom stereocenters. The largest absolute Gasteiger partial charge is 0.481 e. The Labute approximate surface area is 178 Å². The summed E-state index contributed by atoms with van der Waals surface area (Å²) in [6.07, 6.45) is -0.245. The number of aromatic nitrogens is 2. The number of hydrogen-bond acceptors (Lipinski definition) is 8. The Hall–Kier alpha value is -3.18. The highest BCUT2D eigenvalue weighted by Crippen LogP contribution is 2.22. The predicted molar refractivity (Wildman–Crippen MR) is 113 cm³/mol. The van der Waals surface area contributed by atoms with Gasteiger partial charge in [-0.2, -0.15) is 0 Å². The van der Waals surface area contributed by atoms with E-state index in [1.807, 2.05) is 0 Å². The Kier molecular flexibility index (Phi) is 6.85. The van der Waals surface area contributed by atoms with Crippen LogP contribution in [0.15, 0.2) is 45.7 Å². The highest BCUT2D eigenvalue weighted by atomic mass is 32.2. The van der Waals surface area contributed by atoms with Gasteiger partial charge in [0.15, 0.2) is 5.16 Å². The third-order valence-corrected chi connectivity index (χ3v) is 5.89. The molecule has 0 aliphatic carbocycles. The molecule has 0 bridgehead atoms. The molecule has 0 aliphatic heterocycles. The normalized spacial score (nSPS) is 10.7. The van der Waals surface area contributed by atoms with Gasteiger partial charge in [-0.05, 0) is 23.6 Å². The van der Waals surface area contributed by atoms with Crippen LogP contribution in [0.5, 0.6) is 0 Å². The van der Waals surface area contributed by atoms with Crippen molar-refractivity contribution in [2.45, 2.75) is 18.1 Å². The molecule has 9 nitrogen and oxygen atoms in total. The van der Waals surface area contributed by atoms with Crippen molar-refractivity contribution in [2.75, 3.05) is 18.2 Å². The lowest BCUT2D eigenvalue weighted by Crippen LogP contribution is -2.25. The predicted octanol–water partition coefficient (Wildman–Crippen LogP) is 2.45. The molecule has 0 radical (unpaired) electrons. The minimum atomic E-state index is -1.04. The number of carboxylic acid groups (broad SMARTS) is 1. The van der Waals surface area contributed by atoms with E-state index < -0.39 is 17.8 Å². The standard InChI is InChI=1S/C19H17N3O6S2/c1-28-18(27)11-4-2-3-5-12(11)20-14(23)10-30-19-21-13-7-9-29-16(13)17(26)22(19)8-6-15(24)25/h2-5,7,9H,6,8,10H2,1H3,(H,20,23)(H,24,25). The fraction of sp³-hybridized carbons (Fsp3) is 0.211. The van der Waals surface area contributed by atoms with Crippen molar-refractivity contribution in [3.63, 3.8) is 0 Å². The Morgan fingerprint density at radius 1 is 1.27 bits per heavy atom. The van der Waals surface area contributed by atoms with Gasteiger partial charge >= 0.3 is 11.9 Å². The number of ether oxygens (including phenoxy) is 1. The van der Waals surface area contributed by atoms with Gasteiger partial charge in [0.2, 0.25) is 5.91 Å². The number of nitrogens with one attached hydrogen (secondary N) is 1. The average Bonchev–Trinajstić information content (AvgIpc) is 3.20. The summed E-state index contributed by atoms with van der Waals surface area (Å²) >= 11 is 2.24. The molecule has 0 saturated heterocycles. The second kappa shape index (κ2) is 9.55. The average molecular weight is 447 g/mol. The van der Waals surface area contributed by atoms with E-state index in [9.17, 15) is 19.2 Å². The number of amides is 1. The van der Waals surface area contributed by atoms with E-state index in [2.05, 4.69) is 10.3 Å². The summed E-state index contributed by atoms with van der Waals surface area (Å²) in [5, 5.41) is 13.6. The van der Waals surface area contributed by atoms with E-state index >= 15 is 0 Å². The van der Waals surface area contributed by atoms with Crippen molar-refractivity contribution in [1.29, 1.82) is 0 Å². The van der Waals surface area contributed by atoms with Crippen LogP contribution in [0.4, 0.5) is 5.69 Å². The molecule has 2 heterocycles. The number of aliphatic carboxylic acids is 1. The number of fused-ring (bicyclic) bond motifs is 1. The van der Waals surface area contributed by atoms with Gasteiger partial charge in [0.05, 0.1) is 36.1 Å². The van der Waals surface area contributed by atoms with E-state index in [0.29, 0.717) is 15.9 Å². The Bertz CT molecular complexity index is 1170. The van der Waals surface area contributed by atoms with Crippen molar-refractivity contribution >= 4 is 56.8 Å². The van der Waals surface area contributed by atoms with Crippen LogP contribution < -0.4 is 10.9 Å². The van der Waals surface area contributed by atoms with Gasteiger partial charge in [-0.15, -0.1) is 11.3 Å². The van der Waals surface area contributed by atoms with Crippen LogP contribution in [0, 0.1) is 0 Å². The SMILES string of the molecule is COC(=O)c1ccccc1NC(=O)CSc1nc2ccsc2c(=O)n1CCC(=O)O. The van der Waals surface area contributed by atoms with Gasteiger partial charge in [0, 0.05) is 6.54 Å². The second-order valence-corrected chi connectivity index (χ2v) is 7.86. The molecule has 0 aliphatic rings. The van der Waals surface area contributed by atoms with Crippen LogP contribution in [-0.2, 0) is 20.9 Å². The smallest absolute Gasteiger partial charge is 0.339 e. The monoisotopic (exact) mass is 447 g/mol. The number of anilines is 1. The molecule has 0 spiro atoms. The first kappa shape index (κ1) is 21.5. The van der Waals surface area contributed by atoms with Gasteiger partial charge in [-0.1, -0.05) is 23.9 Å². The number of thiophene rings is 1. The van der Waals surface area contributed by atoms with E-state index in [-0.39, 0.29) is 35.0 Å². The number of carbonyl (C=O) groups is 3. The lowest BCUT2D eigenvalue weighted by Gasteiger charge is -2.12. The Morgan fingerprint density at radius 2 is 2.03 bits per heavy atom. The fourth-order valence-electron chi connectivity index (χ4n) is 2.63. The van der Waals surface area contributed by atoms with Gasteiger partial charge in [0.1, 0.15) is 4.70 Å². The topological polar surface area (TPSA) is 128 Å². The van der Waals surface area contributed by atoms with Crippen molar-refractivity contribution in [1.82, 2.24) is 9.55 Å². The number of benzene rings is 1.